The lowest BCUT2D eigenvalue weighted by Gasteiger charge is -2.34. The molecule has 2 N–H and O–H groups in total. The Hall–Kier alpha value is -3.09. The van der Waals surface area contributed by atoms with Crippen molar-refractivity contribution < 1.29 is 19.4 Å². The predicted octanol–water partition coefficient (Wildman–Crippen LogP) is 2.67. The number of benzene rings is 1. The van der Waals surface area contributed by atoms with Crippen LogP contribution in [0.3, 0.4) is 0 Å². The average Bonchev–Trinajstić information content (AvgIpc) is 3.20. The molecule has 2 aliphatic heterocycles. The first kappa shape index (κ1) is 19.2. The van der Waals surface area contributed by atoms with Crippen molar-refractivity contribution in [2.45, 2.75) is 26.2 Å². The molecule has 4 rings (SSSR count). The minimum atomic E-state index is -0.969. The molecule has 1 aromatic heterocycles. The molecule has 0 bridgehead atoms. The van der Waals surface area contributed by atoms with Crippen molar-refractivity contribution >= 4 is 17.7 Å². The number of hydrogen-bond acceptors (Lipinski definition) is 5. The van der Waals surface area contributed by atoms with Crippen molar-refractivity contribution in [2.75, 3.05) is 31.1 Å². The Bertz CT molecular complexity index is 944. The van der Waals surface area contributed by atoms with Gasteiger partial charge >= 0.3 is 5.97 Å². The molecule has 152 valence electrons. The van der Waals surface area contributed by atoms with Crippen LogP contribution in [-0.2, 0) is 6.42 Å². The fourth-order valence-corrected chi connectivity index (χ4v) is 4.04. The number of aromatic nitrogens is 1. The number of carboxylic acids is 1. The molecule has 1 atom stereocenters. The number of fused-ring (bicyclic) bond motifs is 1. The largest absolute Gasteiger partial charge is 0.493 e. The number of rotatable bonds is 5. The smallest absolute Gasteiger partial charge is 0.339 e. The van der Waals surface area contributed by atoms with E-state index in [2.05, 4.69) is 10.3 Å². The van der Waals surface area contributed by atoms with Crippen LogP contribution in [0.4, 0.5) is 5.82 Å². The van der Waals surface area contributed by atoms with Gasteiger partial charge in [0.25, 0.3) is 5.91 Å². The first-order valence-electron chi connectivity index (χ1n) is 10.0. The highest BCUT2D eigenvalue weighted by atomic mass is 16.5. The molecule has 2 aromatic rings. The number of hydrogen-bond donors (Lipinski definition) is 2. The minimum absolute atomic E-state index is 0.0864. The van der Waals surface area contributed by atoms with Gasteiger partial charge in [0.05, 0.1) is 6.61 Å². The van der Waals surface area contributed by atoms with Gasteiger partial charge in [0, 0.05) is 37.3 Å². The first-order valence-corrected chi connectivity index (χ1v) is 10.0. The molecule has 1 saturated heterocycles. The highest BCUT2D eigenvalue weighted by Crippen LogP contribution is 2.27. The summed E-state index contributed by atoms with van der Waals surface area (Å²) in [6.45, 7) is 4.53. The van der Waals surface area contributed by atoms with Crippen LogP contribution in [0.15, 0.2) is 30.3 Å². The van der Waals surface area contributed by atoms with E-state index in [1.54, 1.807) is 18.2 Å². The minimum Gasteiger partial charge on any atom is -0.493 e. The number of nitrogens with zero attached hydrogens (tertiary/aromatic N) is 2. The number of amides is 1. The van der Waals surface area contributed by atoms with Gasteiger partial charge in [-0.3, -0.25) is 4.79 Å². The molecule has 1 fully saturated rings. The average molecular weight is 395 g/mol. The molecule has 0 saturated carbocycles. The van der Waals surface area contributed by atoms with Crippen LogP contribution in [0.1, 0.15) is 44.8 Å². The van der Waals surface area contributed by atoms with Crippen molar-refractivity contribution in [3.63, 3.8) is 0 Å². The Morgan fingerprint density at radius 3 is 3.00 bits per heavy atom. The highest BCUT2D eigenvalue weighted by Gasteiger charge is 2.25. The molecular weight excluding hydrogens is 370 g/mol. The number of aryl methyl sites for hydroxylation is 1. The van der Waals surface area contributed by atoms with Gasteiger partial charge in [0.15, 0.2) is 0 Å². The van der Waals surface area contributed by atoms with Crippen LogP contribution in [0.5, 0.6) is 5.75 Å². The lowest BCUT2D eigenvalue weighted by molar-refractivity contribution is 0.0696. The summed E-state index contributed by atoms with van der Waals surface area (Å²) in [5.41, 5.74) is 2.74. The van der Waals surface area contributed by atoms with Crippen LogP contribution in [-0.4, -0.2) is 48.2 Å². The van der Waals surface area contributed by atoms with Crippen molar-refractivity contribution in [3.8, 4) is 5.75 Å². The van der Waals surface area contributed by atoms with Crippen molar-refractivity contribution in [3.05, 3.63) is 52.7 Å². The molecule has 7 nitrogen and oxygen atoms in total. The molecule has 1 amide bonds. The molecule has 0 spiro atoms. The van der Waals surface area contributed by atoms with Gasteiger partial charge < -0.3 is 20.1 Å². The van der Waals surface area contributed by atoms with E-state index in [4.69, 9.17) is 4.74 Å². The topological polar surface area (TPSA) is 91.8 Å². The molecule has 0 aliphatic carbocycles. The second kappa shape index (κ2) is 8.11. The molecular formula is C22H25N3O4. The van der Waals surface area contributed by atoms with E-state index in [-0.39, 0.29) is 17.4 Å². The van der Waals surface area contributed by atoms with Crippen LogP contribution < -0.4 is 15.0 Å². The summed E-state index contributed by atoms with van der Waals surface area (Å²) < 4.78 is 5.49. The maximum absolute atomic E-state index is 12.6. The third-order valence-electron chi connectivity index (χ3n) is 5.57. The van der Waals surface area contributed by atoms with Crippen molar-refractivity contribution in [2.24, 2.45) is 5.92 Å². The van der Waals surface area contributed by atoms with E-state index >= 15 is 0 Å². The summed E-state index contributed by atoms with van der Waals surface area (Å²) in [5, 5.41) is 12.5. The summed E-state index contributed by atoms with van der Waals surface area (Å²) >= 11 is 0. The number of carboxylic acid groups (broad SMARTS) is 1. The van der Waals surface area contributed by atoms with Crippen molar-refractivity contribution in [1.29, 1.82) is 0 Å². The standard InChI is InChI=1S/C22H25N3O4/c1-14-4-6-18(22(27)28)20(24-14)25-9-2-3-15(13-25)12-23-21(26)17-5-7-19-16(11-17)8-10-29-19/h4-7,11,15H,2-3,8-10,12-13H2,1H3,(H,23,26)(H,27,28). The quantitative estimate of drug-likeness (QED) is 0.809. The second-order valence-corrected chi connectivity index (χ2v) is 7.71. The lowest BCUT2D eigenvalue weighted by atomic mass is 9.97. The highest BCUT2D eigenvalue weighted by molar-refractivity contribution is 5.95. The summed E-state index contributed by atoms with van der Waals surface area (Å²) in [6, 6.07) is 8.89. The van der Waals surface area contributed by atoms with Gasteiger partial charge in [0.1, 0.15) is 17.1 Å². The van der Waals surface area contributed by atoms with E-state index in [0.717, 1.165) is 42.8 Å². The molecule has 1 aromatic carbocycles. The summed E-state index contributed by atoms with van der Waals surface area (Å²) in [6.07, 6.45) is 2.76. The third-order valence-corrected chi connectivity index (χ3v) is 5.57. The molecule has 3 heterocycles. The van der Waals surface area contributed by atoms with Gasteiger partial charge in [-0.2, -0.15) is 0 Å². The van der Waals surface area contributed by atoms with Gasteiger partial charge in [-0.15, -0.1) is 0 Å². The fraction of sp³-hybridized carbons (Fsp3) is 0.409. The zero-order chi connectivity index (χ0) is 20.4. The number of carbonyl (C=O) groups excluding carboxylic acids is 1. The number of carbonyl (C=O) groups is 2. The normalized spacial score (nSPS) is 18.1. The van der Waals surface area contributed by atoms with Crippen LogP contribution in [0.25, 0.3) is 0 Å². The Morgan fingerprint density at radius 1 is 1.31 bits per heavy atom. The van der Waals surface area contributed by atoms with E-state index in [1.807, 2.05) is 24.0 Å². The monoisotopic (exact) mass is 395 g/mol. The maximum Gasteiger partial charge on any atom is 0.339 e. The first-order chi connectivity index (χ1) is 14.0. The Labute approximate surface area is 169 Å². The summed E-state index contributed by atoms with van der Waals surface area (Å²) in [4.78, 5) is 30.7. The summed E-state index contributed by atoms with van der Waals surface area (Å²) in [7, 11) is 0. The van der Waals surface area contributed by atoms with E-state index in [1.165, 1.54) is 0 Å². The van der Waals surface area contributed by atoms with E-state index in [0.29, 0.717) is 31.1 Å². The number of anilines is 1. The number of pyridine rings is 1. The lowest BCUT2D eigenvalue weighted by Crippen LogP contribution is -2.42. The molecule has 0 radical (unpaired) electrons. The predicted molar refractivity (Wildman–Crippen MR) is 109 cm³/mol. The Kier molecular flexibility index (Phi) is 5.38. The van der Waals surface area contributed by atoms with Gasteiger partial charge in [0.2, 0.25) is 0 Å². The van der Waals surface area contributed by atoms with Crippen molar-refractivity contribution in [1.82, 2.24) is 10.3 Å². The molecule has 2 aliphatic rings. The van der Waals surface area contributed by atoms with E-state index in [9.17, 15) is 14.7 Å². The molecule has 29 heavy (non-hydrogen) atoms. The van der Waals surface area contributed by atoms with Gasteiger partial charge in [-0.1, -0.05) is 0 Å². The Balaban J connectivity index is 1.40. The zero-order valence-electron chi connectivity index (χ0n) is 16.5. The summed E-state index contributed by atoms with van der Waals surface area (Å²) in [5.74, 6) is 0.575. The fourth-order valence-electron chi connectivity index (χ4n) is 4.04. The SMILES string of the molecule is Cc1ccc(C(=O)O)c(N2CCCC(CNC(=O)c3ccc4c(c3)CCO4)C2)n1. The number of nitrogens with one attached hydrogen (secondary N) is 1. The molecule has 1 unspecified atom stereocenters. The number of aromatic carboxylic acids is 1. The van der Waals surface area contributed by atoms with Gasteiger partial charge in [-0.05, 0) is 61.6 Å². The third kappa shape index (κ3) is 4.18. The van der Waals surface area contributed by atoms with E-state index < -0.39 is 5.97 Å². The Morgan fingerprint density at radius 2 is 2.17 bits per heavy atom. The van der Waals surface area contributed by atoms with Crippen LogP contribution >= 0.6 is 0 Å². The maximum atomic E-state index is 12.6. The second-order valence-electron chi connectivity index (χ2n) is 7.71. The van der Waals surface area contributed by atoms with Crippen LogP contribution in [0.2, 0.25) is 0 Å². The van der Waals surface area contributed by atoms with Crippen LogP contribution in [0, 0.1) is 12.8 Å². The van der Waals surface area contributed by atoms with Gasteiger partial charge in [-0.25, -0.2) is 9.78 Å². The number of piperidine rings is 1. The zero-order valence-corrected chi connectivity index (χ0v) is 16.5. The number of ether oxygens (including phenoxy) is 1. The molecule has 7 heteroatoms.